The number of rotatable bonds is 5. The first-order chi connectivity index (χ1) is 12.0. The Kier molecular flexibility index (Phi) is 4.93. The van der Waals surface area contributed by atoms with Gasteiger partial charge in [0.25, 0.3) is 0 Å². The molecule has 1 aromatic heterocycles. The number of anilines is 1. The lowest BCUT2D eigenvalue weighted by Crippen LogP contribution is -2.13. The average Bonchev–Trinajstić information content (AvgIpc) is 3.07. The minimum absolute atomic E-state index is 0.0659. The Hall–Kier alpha value is -2.95. The fourth-order valence-electron chi connectivity index (χ4n) is 2.49. The summed E-state index contributed by atoms with van der Waals surface area (Å²) in [7, 11) is 0. The molecule has 0 saturated carbocycles. The number of hydrogen-bond donors (Lipinski definition) is 1. The van der Waals surface area contributed by atoms with Crippen LogP contribution in [0.25, 0.3) is 11.5 Å². The second kappa shape index (κ2) is 7.30. The highest BCUT2D eigenvalue weighted by Gasteiger charge is 2.11. The Morgan fingerprint density at radius 2 is 1.80 bits per heavy atom. The lowest BCUT2D eigenvalue weighted by atomic mass is 10.1. The van der Waals surface area contributed by atoms with E-state index in [1.165, 1.54) is 5.56 Å². The summed E-state index contributed by atoms with van der Waals surface area (Å²) >= 11 is 0. The van der Waals surface area contributed by atoms with Crippen LogP contribution in [-0.4, -0.2) is 16.1 Å². The SMILES string of the molecule is Cc1ccc(-c2nnc(CCC(=O)Nc3cccc(C)c3C)o2)cc1. The first kappa shape index (κ1) is 16.9. The topological polar surface area (TPSA) is 68.0 Å². The maximum absolute atomic E-state index is 12.2. The van der Waals surface area contributed by atoms with Crippen LogP contribution in [0.5, 0.6) is 0 Å². The number of aryl methyl sites for hydroxylation is 3. The van der Waals surface area contributed by atoms with Crippen molar-refractivity contribution in [3.63, 3.8) is 0 Å². The van der Waals surface area contributed by atoms with Gasteiger partial charge in [-0.3, -0.25) is 4.79 Å². The Balaban J connectivity index is 1.59. The third-order valence-electron chi connectivity index (χ3n) is 4.21. The predicted octanol–water partition coefficient (Wildman–Crippen LogP) is 4.23. The van der Waals surface area contributed by atoms with E-state index in [-0.39, 0.29) is 5.91 Å². The number of carbonyl (C=O) groups excluding carboxylic acids is 1. The van der Waals surface area contributed by atoms with Crippen LogP contribution in [0.2, 0.25) is 0 Å². The maximum atomic E-state index is 12.2. The van der Waals surface area contributed by atoms with Crippen LogP contribution in [0.15, 0.2) is 46.9 Å². The van der Waals surface area contributed by atoms with Crippen molar-refractivity contribution in [2.24, 2.45) is 0 Å². The van der Waals surface area contributed by atoms with E-state index in [0.29, 0.717) is 24.6 Å². The molecule has 0 unspecified atom stereocenters. The zero-order valence-electron chi connectivity index (χ0n) is 14.7. The lowest BCUT2D eigenvalue weighted by molar-refractivity contribution is -0.116. The van der Waals surface area contributed by atoms with Crippen LogP contribution in [0.3, 0.4) is 0 Å². The van der Waals surface area contributed by atoms with Gasteiger partial charge in [0.1, 0.15) is 0 Å². The maximum Gasteiger partial charge on any atom is 0.247 e. The second-order valence-corrected chi connectivity index (χ2v) is 6.16. The molecule has 0 bridgehead atoms. The largest absolute Gasteiger partial charge is 0.421 e. The fourth-order valence-corrected chi connectivity index (χ4v) is 2.49. The summed E-state index contributed by atoms with van der Waals surface area (Å²) in [6.45, 7) is 6.05. The Morgan fingerprint density at radius 1 is 1.04 bits per heavy atom. The highest BCUT2D eigenvalue weighted by molar-refractivity contribution is 5.91. The van der Waals surface area contributed by atoms with Gasteiger partial charge in [0.15, 0.2) is 0 Å². The Labute approximate surface area is 147 Å². The third-order valence-corrected chi connectivity index (χ3v) is 4.21. The van der Waals surface area contributed by atoms with Gasteiger partial charge in [-0.1, -0.05) is 29.8 Å². The molecule has 1 N–H and O–H groups in total. The average molecular weight is 335 g/mol. The summed E-state index contributed by atoms with van der Waals surface area (Å²) in [6.07, 6.45) is 0.707. The zero-order chi connectivity index (χ0) is 17.8. The Morgan fingerprint density at radius 3 is 2.56 bits per heavy atom. The molecule has 0 saturated heterocycles. The molecule has 0 aliphatic rings. The number of benzene rings is 2. The molecule has 5 heteroatoms. The molecular weight excluding hydrogens is 314 g/mol. The summed E-state index contributed by atoms with van der Waals surface area (Å²) in [5.74, 6) is 0.875. The van der Waals surface area contributed by atoms with E-state index in [4.69, 9.17) is 4.42 Å². The first-order valence-corrected chi connectivity index (χ1v) is 8.28. The van der Waals surface area contributed by atoms with E-state index in [2.05, 4.69) is 15.5 Å². The molecule has 0 aliphatic heterocycles. The molecule has 0 aliphatic carbocycles. The molecule has 1 heterocycles. The van der Waals surface area contributed by atoms with Gasteiger partial charge in [-0.05, 0) is 50.1 Å². The molecule has 3 rings (SSSR count). The number of aromatic nitrogens is 2. The van der Waals surface area contributed by atoms with E-state index in [9.17, 15) is 4.79 Å². The summed E-state index contributed by atoms with van der Waals surface area (Å²) < 4.78 is 5.65. The van der Waals surface area contributed by atoms with Crippen molar-refractivity contribution in [3.8, 4) is 11.5 Å². The van der Waals surface area contributed by atoms with Crippen molar-refractivity contribution >= 4 is 11.6 Å². The van der Waals surface area contributed by atoms with E-state index in [0.717, 1.165) is 22.4 Å². The van der Waals surface area contributed by atoms with E-state index < -0.39 is 0 Å². The van der Waals surface area contributed by atoms with Gasteiger partial charge in [0.05, 0.1) is 0 Å². The molecule has 3 aromatic rings. The van der Waals surface area contributed by atoms with Crippen molar-refractivity contribution in [2.75, 3.05) is 5.32 Å². The number of nitrogens with one attached hydrogen (secondary N) is 1. The third kappa shape index (κ3) is 4.12. The van der Waals surface area contributed by atoms with E-state index in [1.807, 2.05) is 63.2 Å². The number of amides is 1. The predicted molar refractivity (Wildman–Crippen MR) is 97.3 cm³/mol. The van der Waals surface area contributed by atoms with Crippen LogP contribution in [0, 0.1) is 20.8 Å². The molecule has 5 nitrogen and oxygen atoms in total. The van der Waals surface area contributed by atoms with Crippen LogP contribution < -0.4 is 5.32 Å². The molecule has 2 aromatic carbocycles. The van der Waals surface area contributed by atoms with Crippen LogP contribution in [0.4, 0.5) is 5.69 Å². The summed E-state index contributed by atoms with van der Waals surface area (Å²) in [4.78, 5) is 12.2. The number of nitrogens with zero attached hydrogens (tertiary/aromatic N) is 2. The van der Waals surface area contributed by atoms with Gasteiger partial charge in [0.2, 0.25) is 17.7 Å². The van der Waals surface area contributed by atoms with Crippen LogP contribution in [-0.2, 0) is 11.2 Å². The normalized spacial score (nSPS) is 10.7. The molecule has 0 radical (unpaired) electrons. The zero-order valence-corrected chi connectivity index (χ0v) is 14.7. The van der Waals surface area contributed by atoms with Crippen molar-refractivity contribution in [2.45, 2.75) is 33.6 Å². The van der Waals surface area contributed by atoms with Gasteiger partial charge in [-0.15, -0.1) is 10.2 Å². The van der Waals surface area contributed by atoms with Gasteiger partial charge in [0, 0.05) is 24.1 Å². The minimum atomic E-state index is -0.0659. The highest BCUT2D eigenvalue weighted by atomic mass is 16.4. The van der Waals surface area contributed by atoms with Crippen molar-refractivity contribution in [1.29, 1.82) is 0 Å². The first-order valence-electron chi connectivity index (χ1n) is 8.28. The van der Waals surface area contributed by atoms with Crippen molar-refractivity contribution in [3.05, 3.63) is 65.0 Å². The Bertz CT molecular complexity index is 882. The number of hydrogen-bond acceptors (Lipinski definition) is 4. The molecule has 1 amide bonds. The van der Waals surface area contributed by atoms with Crippen molar-refractivity contribution in [1.82, 2.24) is 10.2 Å². The summed E-state index contributed by atoms with van der Waals surface area (Å²) in [5.41, 5.74) is 5.12. The van der Waals surface area contributed by atoms with Crippen molar-refractivity contribution < 1.29 is 9.21 Å². The highest BCUT2D eigenvalue weighted by Crippen LogP contribution is 2.20. The van der Waals surface area contributed by atoms with Gasteiger partial charge < -0.3 is 9.73 Å². The van der Waals surface area contributed by atoms with Gasteiger partial charge in [-0.25, -0.2) is 0 Å². The number of carbonyl (C=O) groups is 1. The lowest BCUT2D eigenvalue weighted by Gasteiger charge is -2.09. The second-order valence-electron chi connectivity index (χ2n) is 6.16. The minimum Gasteiger partial charge on any atom is -0.421 e. The molecule has 128 valence electrons. The molecule has 0 spiro atoms. The van der Waals surface area contributed by atoms with E-state index >= 15 is 0 Å². The standard InChI is InChI=1S/C20H21N3O2/c1-13-7-9-16(10-8-13)20-23-22-19(25-20)12-11-18(24)21-17-6-4-5-14(2)15(17)3/h4-10H,11-12H2,1-3H3,(H,21,24). The smallest absolute Gasteiger partial charge is 0.247 e. The molecular formula is C20H21N3O2. The fraction of sp³-hybridized carbons (Fsp3) is 0.250. The molecule has 0 atom stereocenters. The summed E-state index contributed by atoms with van der Waals surface area (Å²) in [5, 5.41) is 11.0. The van der Waals surface area contributed by atoms with Gasteiger partial charge in [-0.2, -0.15) is 0 Å². The molecule has 0 fully saturated rings. The summed E-state index contributed by atoms with van der Waals surface area (Å²) in [6, 6.07) is 13.7. The van der Waals surface area contributed by atoms with Crippen LogP contribution in [0.1, 0.15) is 29.0 Å². The van der Waals surface area contributed by atoms with Crippen LogP contribution >= 0.6 is 0 Å². The van der Waals surface area contributed by atoms with E-state index in [1.54, 1.807) is 0 Å². The molecule has 25 heavy (non-hydrogen) atoms. The monoisotopic (exact) mass is 335 g/mol. The van der Waals surface area contributed by atoms with Gasteiger partial charge >= 0.3 is 0 Å². The quantitative estimate of drug-likeness (QED) is 0.757.